The molecule has 3 heterocycles. The van der Waals surface area contributed by atoms with Gasteiger partial charge in [0.05, 0.1) is 24.2 Å². The first kappa shape index (κ1) is 20.5. The van der Waals surface area contributed by atoms with Crippen molar-refractivity contribution in [2.24, 2.45) is 0 Å². The molecule has 2 saturated heterocycles. The molecule has 5 rings (SSSR count). The zero-order chi connectivity index (χ0) is 21.4. The Labute approximate surface area is 187 Å². The van der Waals surface area contributed by atoms with Crippen LogP contribution in [0.25, 0.3) is 11.0 Å². The third-order valence-electron chi connectivity index (χ3n) is 6.37. The number of hydrogen-bond acceptors (Lipinski definition) is 4. The van der Waals surface area contributed by atoms with E-state index in [-0.39, 0.29) is 11.8 Å². The van der Waals surface area contributed by atoms with E-state index in [0.29, 0.717) is 13.0 Å². The maximum atomic E-state index is 12.9. The molecule has 1 atom stereocenters. The van der Waals surface area contributed by atoms with Gasteiger partial charge in [-0.25, -0.2) is 4.98 Å². The monoisotopic (exact) mass is 438 g/mol. The zero-order valence-corrected chi connectivity index (χ0v) is 18.5. The van der Waals surface area contributed by atoms with Gasteiger partial charge in [-0.15, -0.1) is 0 Å². The van der Waals surface area contributed by atoms with Crippen molar-refractivity contribution in [2.75, 3.05) is 44.3 Å². The van der Waals surface area contributed by atoms with Crippen LogP contribution in [0.5, 0.6) is 0 Å². The predicted molar refractivity (Wildman–Crippen MR) is 123 cm³/mol. The average molecular weight is 439 g/mol. The first-order valence-corrected chi connectivity index (χ1v) is 11.3. The number of rotatable bonds is 5. The second-order valence-electron chi connectivity index (χ2n) is 8.40. The lowest BCUT2D eigenvalue weighted by atomic mass is 10.1. The number of fused-ring (bicyclic) bond motifs is 1. The smallest absolute Gasteiger partial charge is 0.227 e. The average Bonchev–Trinajstić information content (AvgIpc) is 3.35. The van der Waals surface area contributed by atoms with Crippen LogP contribution >= 0.6 is 11.6 Å². The van der Waals surface area contributed by atoms with Crippen LogP contribution < -0.4 is 4.90 Å². The molecule has 0 bridgehead atoms. The van der Waals surface area contributed by atoms with Gasteiger partial charge in [0.15, 0.2) is 0 Å². The Morgan fingerprint density at radius 3 is 2.74 bits per heavy atom. The van der Waals surface area contributed by atoms with Gasteiger partial charge < -0.3 is 14.2 Å². The molecule has 0 N–H and O–H groups in total. The van der Waals surface area contributed by atoms with E-state index in [0.717, 1.165) is 72.5 Å². The van der Waals surface area contributed by atoms with Gasteiger partial charge in [0.1, 0.15) is 5.82 Å². The molecule has 2 fully saturated rings. The largest absolute Gasteiger partial charge is 0.379 e. The fraction of sp³-hybridized carbons (Fsp3) is 0.417. The van der Waals surface area contributed by atoms with Gasteiger partial charge >= 0.3 is 0 Å². The Hall–Kier alpha value is -2.41. The molecule has 2 aliphatic heterocycles. The summed E-state index contributed by atoms with van der Waals surface area (Å²) in [5, 5.41) is 0.719. The van der Waals surface area contributed by atoms with E-state index in [4.69, 9.17) is 21.3 Å². The van der Waals surface area contributed by atoms with E-state index in [1.54, 1.807) is 0 Å². The van der Waals surface area contributed by atoms with Crippen molar-refractivity contribution in [2.45, 2.75) is 25.8 Å². The minimum absolute atomic E-state index is 0.0700. The molecular formula is C24H27ClN4O2. The number of halogens is 1. The third kappa shape index (κ3) is 4.07. The first-order valence-electron chi connectivity index (χ1n) is 10.9. The quantitative estimate of drug-likeness (QED) is 0.607. The number of aryl methyl sites for hydroxylation is 1. The van der Waals surface area contributed by atoms with Gasteiger partial charge in [0.25, 0.3) is 0 Å². The highest BCUT2D eigenvalue weighted by Gasteiger charge is 2.35. The number of carbonyl (C=O) groups excluding carboxylic acids is 1. The Balaban J connectivity index is 1.42. The van der Waals surface area contributed by atoms with Crippen molar-refractivity contribution >= 4 is 34.2 Å². The van der Waals surface area contributed by atoms with E-state index in [1.165, 1.54) is 0 Å². The Kier molecular flexibility index (Phi) is 5.69. The molecule has 2 aliphatic rings. The van der Waals surface area contributed by atoms with Crippen LogP contribution in [0, 0.1) is 6.92 Å². The van der Waals surface area contributed by atoms with Crippen LogP contribution in [0.4, 0.5) is 5.69 Å². The fourth-order valence-electron chi connectivity index (χ4n) is 4.63. The SMILES string of the molecule is Cc1cc(N2C[C@@H](c3nc4ccccc4n3CCN3CCOCC3)CC2=O)ccc1Cl. The van der Waals surface area contributed by atoms with Crippen molar-refractivity contribution < 1.29 is 9.53 Å². The second kappa shape index (κ2) is 8.61. The van der Waals surface area contributed by atoms with Crippen molar-refractivity contribution in [3.05, 3.63) is 58.9 Å². The molecular weight excluding hydrogens is 412 g/mol. The molecule has 1 amide bonds. The molecule has 6 nitrogen and oxygen atoms in total. The van der Waals surface area contributed by atoms with Crippen LogP contribution in [0.2, 0.25) is 5.02 Å². The summed E-state index contributed by atoms with van der Waals surface area (Å²) >= 11 is 6.18. The highest BCUT2D eigenvalue weighted by atomic mass is 35.5. The van der Waals surface area contributed by atoms with Crippen molar-refractivity contribution in [1.82, 2.24) is 14.5 Å². The van der Waals surface area contributed by atoms with E-state index in [9.17, 15) is 4.79 Å². The predicted octanol–water partition coefficient (Wildman–Crippen LogP) is 3.85. The number of morpholine rings is 1. The van der Waals surface area contributed by atoms with Crippen molar-refractivity contribution in [1.29, 1.82) is 0 Å². The summed E-state index contributed by atoms with van der Waals surface area (Å²) in [6.45, 7) is 7.95. The summed E-state index contributed by atoms with van der Waals surface area (Å²) < 4.78 is 7.80. The lowest BCUT2D eigenvalue weighted by Gasteiger charge is -2.27. The Bertz CT molecular complexity index is 1110. The Morgan fingerprint density at radius 2 is 1.94 bits per heavy atom. The van der Waals surface area contributed by atoms with Crippen LogP contribution in [0.3, 0.4) is 0 Å². The van der Waals surface area contributed by atoms with Crippen LogP contribution in [-0.2, 0) is 16.1 Å². The van der Waals surface area contributed by atoms with Crippen LogP contribution in [-0.4, -0.2) is 59.8 Å². The summed E-state index contributed by atoms with van der Waals surface area (Å²) in [4.78, 5) is 22.2. The molecule has 0 aliphatic carbocycles. The van der Waals surface area contributed by atoms with Gasteiger partial charge in [0, 0.05) is 55.8 Å². The number of ether oxygens (including phenoxy) is 1. The first-order chi connectivity index (χ1) is 15.1. The minimum atomic E-state index is 0.0700. The molecule has 0 spiro atoms. The van der Waals surface area contributed by atoms with Crippen molar-refractivity contribution in [3.63, 3.8) is 0 Å². The van der Waals surface area contributed by atoms with Crippen molar-refractivity contribution in [3.8, 4) is 0 Å². The number of benzene rings is 2. The molecule has 0 unspecified atom stereocenters. The summed E-state index contributed by atoms with van der Waals surface area (Å²) in [6.07, 6.45) is 0.475. The molecule has 0 radical (unpaired) electrons. The second-order valence-corrected chi connectivity index (χ2v) is 8.81. The van der Waals surface area contributed by atoms with E-state index in [2.05, 4.69) is 27.7 Å². The van der Waals surface area contributed by atoms with Gasteiger partial charge in [0.2, 0.25) is 5.91 Å². The lowest BCUT2D eigenvalue weighted by molar-refractivity contribution is -0.117. The van der Waals surface area contributed by atoms with Gasteiger partial charge in [-0.1, -0.05) is 23.7 Å². The summed E-state index contributed by atoms with van der Waals surface area (Å²) in [6, 6.07) is 14.0. The standard InChI is InChI=1S/C24H27ClN4O2/c1-17-14-19(6-7-20(17)25)29-16-18(15-23(29)30)24-26-21-4-2-3-5-22(21)28(24)9-8-27-10-12-31-13-11-27/h2-7,14,18H,8-13,15-16H2,1H3/t18-/m0/s1. The number of aromatic nitrogens is 2. The summed E-state index contributed by atoms with van der Waals surface area (Å²) in [7, 11) is 0. The molecule has 162 valence electrons. The summed E-state index contributed by atoms with van der Waals surface area (Å²) in [5.41, 5.74) is 4.02. The number of para-hydroxylation sites is 2. The maximum absolute atomic E-state index is 12.9. The molecule has 1 aromatic heterocycles. The molecule has 7 heteroatoms. The number of anilines is 1. The molecule has 31 heavy (non-hydrogen) atoms. The van der Waals surface area contributed by atoms with Crippen LogP contribution in [0.1, 0.15) is 23.7 Å². The molecule has 2 aromatic carbocycles. The van der Waals surface area contributed by atoms with Gasteiger partial charge in [-0.2, -0.15) is 0 Å². The number of amides is 1. The number of carbonyl (C=O) groups is 1. The maximum Gasteiger partial charge on any atom is 0.227 e. The zero-order valence-electron chi connectivity index (χ0n) is 17.8. The van der Waals surface area contributed by atoms with Gasteiger partial charge in [-0.3, -0.25) is 9.69 Å². The highest BCUT2D eigenvalue weighted by Crippen LogP contribution is 2.34. The van der Waals surface area contributed by atoms with E-state index in [1.807, 2.05) is 36.1 Å². The topological polar surface area (TPSA) is 50.6 Å². The normalized spacial score (nSPS) is 20.1. The third-order valence-corrected chi connectivity index (χ3v) is 6.80. The molecule has 3 aromatic rings. The lowest BCUT2D eigenvalue weighted by Crippen LogP contribution is -2.38. The Morgan fingerprint density at radius 1 is 1.13 bits per heavy atom. The number of nitrogens with zero attached hydrogens (tertiary/aromatic N) is 4. The van der Waals surface area contributed by atoms with Crippen LogP contribution in [0.15, 0.2) is 42.5 Å². The summed E-state index contributed by atoms with van der Waals surface area (Å²) in [5.74, 6) is 1.22. The number of hydrogen-bond donors (Lipinski definition) is 0. The fourth-order valence-corrected chi connectivity index (χ4v) is 4.75. The number of imidazole rings is 1. The molecule has 0 saturated carbocycles. The highest BCUT2D eigenvalue weighted by molar-refractivity contribution is 6.31. The van der Waals surface area contributed by atoms with E-state index >= 15 is 0 Å². The van der Waals surface area contributed by atoms with Gasteiger partial charge in [-0.05, 0) is 42.8 Å². The minimum Gasteiger partial charge on any atom is -0.379 e. The van der Waals surface area contributed by atoms with E-state index < -0.39 is 0 Å².